The highest BCUT2D eigenvalue weighted by Gasteiger charge is 2.14. The molecule has 0 saturated heterocycles. The van der Waals surface area contributed by atoms with E-state index < -0.39 is 0 Å². The van der Waals surface area contributed by atoms with Gasteiger partial charge in [-0.15, -0.1) is 0 Å². The van der Waals surface area contributed by atoms with Crippen LogP contribution < -0.4 is 5.73 Å². The SMILES string of the molecule is Cc1cccc(-n2c(N)nc3cccc(C)c32)c1Br. The molecule has 3 aromatic rings. The zero-order valence-electron chi connectivity index (χ0n) is 10.8. The lowest BCUT2D eigenvalue weighted by Gasteiger charge is -2.11. The molecule has 0 fully saturated rings. The van der Waals surface area contributed by atoms with Gasteiger partial charge < -0.3 is 5.73 Å². The topological polar surface area (TPSA) is 43.8 Å². The molecule has 3 nitrogen and oxygen atoms in total. The number of imidazole rings is 1. The Balaban J connectivity index is 2.43. The summed E-state index contributed by atoms with van der Waals surface area (Å²) in [6, 6.07) is 12.2. The van der Waals surface area contributed by atoms with Gasteiger partial charge in [0.1, 0.15) is 0 Å². The van der Waals surface area contributed by atoms with Crippen LogP contribution in [0.1, 0.15) is 11.1 Å². The monoisotopic (exact) mass is 315 g/mol. The van der Waals surface area contributed by atoms with Crippen LogP contribution in [-0.4, -0.2) is 9.55 Å². The lowest BCUT2D eigenvalue weighted by Crippen LogP contribution is -2.02. The zero-order valence-corrected chi connectivity index (χ0v) is 12.4. The molecule has 0 aliphatic rings. The van der Waals surface area contributed by atoms with Crippen LogP contribution in [0.3, 0.4) is 0 Å². The molecule has 0 bridgehead atoms. The van der Waals surface area contributed by atoms with Crippen molar-refractivity contribution in [3.63, 3.8) is 0 Å². The molecule has 0 saturated carbocycles. The number of rotatable bonds is 1. The second kappa shape index (κ2) is 4.38. The summed E-state index contributed by atoms with van der Waals surface area (Å²) in [7, 11) is 0. The number of anilines is 1. The van der Waals surface area contributed by atoms with Gasteiger partial charge in [0.2, 0.25) is 5.95 Å². The number of aryl methyl sites for hydroxylation is 2. The smallest absolute Gasteiger partial charge is 0.205 e. The first kappa shape index (κ1) is 12.2. The Kier molecular flexibility index (Phi) is 2.82. The second-order valence-electron chi connectivity index (χ2n) is 4.66. The van der Waals surface area contributed by atoms with E-state index in [1.165, 1.54) is 5.56 Å². The van der Waals surface area contributed by atoms with E-state index in [4.69, 9.17) is 5.73 Å². The van der Waals surface area contributed by atoms with Crippen LogP contribution in [0.25, 0.3) is 16.7 Å². The summed E-state index contributed by atoms with van der Waals surface area (Å²) in [6.07, 6.45) is 0. The van der Waals surface area contributed by atoms with Crippen molar-refractivity contribution in [3.05, 3.63) is 52.0 Å². The van der Waals surface area contributed by atoms with Crippen LogP contribution in [0.2, 0.25) is 0 Å². The summed E-state index contributed by atoms with van der Waals surface area (Å²) in [5.41, 5.74) is 11.4. The first-order valence-corrected chi connectivity index (χ1v) is 6.88. The number of nitrogen functional groups attached to an aromatic ring is 1. The van der Waals surface area contributed by atoms with E-state index in [9.17, 15) is 0 Å². The maximum atomic E-state index is 6.10. The van der Waals surface area contributed by atoms with Crippen LogP contribution in [0.4, 0.5) is 5.95 Å². The lowest BCUT2D eigenvalue weighted by atomic mass is 10.2. The largest absolute Gasteiger partial charge is 0.369 e. The summed E-state index contributed by atoms with van der Waals surface area (Å²) >= 11 is 3.64. The molecule has 19 heavy (non-hydrogen) atoms. The molecular weight excluding hydrogens is 302 g/mol. The molecule has 0 aliphatic carbocycles. The minimum Gasteiger partial charge on any atom is -0.369 e. The van der Waals surface area contributed by atoms with E-state index >= 15 is 0 Å². The third-order valence-corrected chi connectivity index (χ3v) is 4.35. The van der Waals surface area contributed by atoms with Crippen molar-refractivity contribution in [1.82, 2.24) is 9.55 Å². The molecule has 2 N–H and O–H groups in total. The number of halogens is 1. The number of hydrogen-bond donors (Lipinski definition) is 1. The summed E-state index contributed by atoms with van der Waals surface area (Å²) < 4.78 is 3.05. The van der Waals surface area contributed by atoms with Gasteiger partial charge in [0.25, 0.3) is 0 Å². The van der Waals surface area contributed by atoms with Crippen molar-refractivity contribution in [1.29, 1.82) is 0 Å². The number of fused-ring (bicyclic) bond motifs is 1. The average molecular weight is 316 g/mol. The number of aromatic nitrogens is 2. The average Bonchev–Trinajstić information content (AvgIpc) is 2.71. The molecule has 0 unspecified atom stereocenters. The summed E-state index contributed by atoms with van der Waals surface area (Å²) in [4.78, 5) is 4.44. The minimum absolute atomic E-state index is 0.510. The molecule has 0 atom stereocenters. The van der Waals surface area contributed by atoms with Crippen molar-refractivity contribution in [2.45, 2.75) is 13.8 Å². The van der Waals surface area contributed by atoms with Gasteiger partial charge in [0.15, 0.2) is 0 Å². The van der Waals surface area contributed by atoms with Crippen molar-refractivity contribution in [3.8, 4) is 5.69 Å². The third kappa shape index (κ3) is 1.83. The summed E-state index contributed by atoms with van der Waals surface area (Å²) in [5.74, 6) is 0.510. The molecule has 1 heterocycles. The predicted molar refractivity (Wildman–Crippen MR) is 82.7 cm³/mol. The third-order valence-electron chi connectivity index (χ3n) is 3.32. The van der Waals surface area contributed by atoms with Crippen molar-refractivity contribution < 1.29 is 0 Å². The highest BCUT2D eigenvalue weighted by molar-refractivity contribution is 9.10. The standard InChI is InChI=1S/C15H14BrN3/c1-9-5-4-8-12(13(9)16)19-14-10(2)6-3-7-11(14)18-15(19)17/h3-8H,1-2H3,(H2,17,18). The molecule has 0 radical (unpaired) electrons. The van der Waals surface area contributed by atoms with E-state index in [1.54, 1.807) is 0 Å². The predicted octanol–water partition coefficient (Wildman–Crippen LogP) is 3.99. The van der Waals surface area contributed by atoms with Crippen LogP contribution in [0.15, 0.2) is 40.9 Å². The van der Waals surface area contributed by atoms with Gasteiger partial charge in [0.05, 0.1) is 16.7 Å². The Labute approximate surface area is 120 Å². The minimum atomic E-state index is 0.510. The van der Waals surface area contributed by atoms with Gasteiger partial charge in [0, 0.05) is 4.47 Å². The van der Waals surface area contributed by atoms with Crippen molar-refractivity contribution in [2.75, 3.05) is 5.73 Å². The number of hydrogen-bond acceptors (Lipinski definition) is 2. The molecule has 1 aromatic heterocycles. The van der Waals surface area contributed by atoms with Gasteiger partial charge in [-0.25, -0.2) is 4.98 Å². The number of para-hydroxylation sites is 1. The molecule has 3 rings (SSSR count). The van der Waals surface area contributed by atoms with Crippen LogP contribution >= 0.6 is 15.9 Å². The van der Waals surface area contributed by atoms with Crippen molar-refractivity contribution in [2.24, 2.45) is 0 Å². The summed E-state index contributed by atoms with van der Waals surface area (Å²) in [5, 5.41) is 0. The number of nitrogens with two attached hydrogens (primary N) is 1. The number of benzene rings is 2. The Morgan fingerprint density at radius 3 is 2.53 bits per heavy atom. The van der Waals surface area contributed by atoms with Gasteiger partial charge in [-0.05, 0) is 53.0 Å². The molecule has 0 spiro atoms. The Morgan fingerprint density at radius 1 is 1.05 bits per heavy atom. The second-order valence-corrected chi connectivity index (χ2v) is 5.45. The molecule has 96 valence electrons. The molecule has 4 heteroatoms. The van der Waals surface area contributed by atoms with Gasteiger partial charge in [-0.1, -0.05) is 24.3 Å². The fourth-order valence-electron chi connectivity index (χ4n) is 2.36. The first-order valence-electron chi connectivity index (χ1n) is 6.08. The molecular formula is C15H14BrN3. The van der Waals surface area contributed by atoms with Gasteiger partial charge in [-0.2, -0.15) is 0 Å². The Bertz CT molecular complexity index is 774. The van der Waals surface area contributed by atoms with E-state index in [0.717, 1.165) is 26.8 Å². The van der Waals surface area contributed by atoms with E-state index in [1.807, 2.05) is 28.8 Å². The first-order chi connectivity index (χ1) is 9.09. The molecule has 0 amide bonds. The van der Waals surface area contributed by atoms with E-state index in [0.29, 0.717) is 5.95 Å². The highest BCUT2D eigenvalue weighted by atomic mass is 79.9. The van der Waals surface area contributed by atoms with Crippen LogP contribution in [0, 0.1) is 13.8 Å². The molecule has 0 aliphatic heterocycles. The number of nitrogens with zero attached hydrogens (tertiary/aromatic N) is 2. The normalized spacial score (nSPS) is 11.1. The Morgan fingerprint density at radius 2 is 1.74 bits per heavy atom. The maximum Gasteiger partial charge on any atom is 0.205 e. The lowest BCUT2D eigenvalue weighted by molar-refractivity contribution is 1.09. The highest BCUT2D eigenvalue weighted by Crippen LogP contribution is 2.31. The fraction of sp³-hybridized carbons (Fsp3) is 0.133. The zero-order chi connectivity index (χ0) is 13.6. The fourth-order valence-corrected chi connectivity index (χ4v) is 2.80. The Hall–Kier alpha value is -1.81. The quantitative estimate of drug-likeness (QED) is 0.738. The van der Waals surface area contributed by atoms with Crippen LogP contribution in [-0.2, 0) is 0 Å². The van der Waals surface area contributed by atoms with E-state index in [2.05, 4.69) is 46.9 Å². The maximum absolute atomic E-state index is 6.10. The van der Waals surface area contributed by atoms with Crippen molar-refractivity contribution >= 4 is 32.9 Å². The summed E-state index contributed by atoms with van der Waals surface area (Å²) in [6.45, 7) is 4.14. The van der Waals surface area contributed by atoms with Gasteiger partial charge in [-0.3, -0.25) is 4.57 Å². The molecule has 2 aromatic carbocycles. The van der Waals surface area contributed by atoms with Crippen LogP contribution in [0.5, 0.6) is 0 Å². The van der Waals surface area contributed by atoms with E-state index in [-0.39, 0.29) is 0 Å². The van der Waals surface area contributed by atoms with Gasteiger partial charge >= 0.3 is 0 Å².